The molecule has 36 heavy (non-hydrogen) atoms. The van der Waals surface area contributed by atoms with E-state index in [-0.39, 0.29) is 12.3 Å². The van der Waals surface area contributed by atoms with Crippen molar-refractivity contribution in [2.45, 2.75) is 63.9 Å². The maximum atomic E-state index is 13.0. The maximum absolute atomic E-state index is 13.0. The number of para-hydroxylation sites is 1. The van der Waals surface area contributed by atoms with Gasteiger partial charge >= 0.3 is 5.97 Å². The molecule has 198 valence electrons. The first kappa shape index (κ1) is 28.8. The number of nitrogens with one attached hydrogen (secondary N) is 4. The lowest BCUT2D eigenvalue weighted by atomic mass is 9.97. The number of H-pyrrole nitrogens is 1. The predicted molar refractivity (Wildman–Crippen MR) is 132 cm³/mol. The van der Waals surface area contributed by atoms with E-state index in [2.05, 4.69) is 20.9 Å². The number of aliphatic hydroxyl groups excluding tert-OH is 2. The van der Waals surface area contributed by atoms with E-state index in [4.69, 9.17) is 10.8 Å². The summed E-state index contributed by atoms with van der Waals surface area (Å²) in [6, 6.07) is 2.43. The van der Waals surface area contributed by atoms with Gasteiger partial charge in [0.1, 0.15) is 12.1 Å². The number of hydrogen-bond acceptors (Lipinski definition) is 7. The molecule has 0 saturated carbocycles. The zero-order valence-corrected chi connectivity index (χ0v) is 20.5. The molecular weight excluding hydrogens is 470 g/mol. The van der Waals surface area contributed by atoms with Crippen LogP contribution >= 0.6 is 0 Å². The lowest BCUT2D eigenvalue weighted by Crippen LogP contribution is -2.60. The van der Waals surface area contributed by atoms with E-state index in [1.807, 2.05) is 31.2 Å². The molecule has 1 heterocycles. The monoisotopic (exact) mass is 505 g/mol. The number of hydrogen-bond donors (Lipinski definition) is 8. The molecule has 0 aliphatic carbocycles. The Balaban J connectivity index is 2.08. The van der Waals surface area contributed by atoms with Gasteiger partial charge in [0.25, 0.3) is 0 Å². The number of carboxylic acid groups (broad SMARTS) is 1. The fourth-order valence-electron chi connectivity index (χ4n) is 3.69. The third-order valence-electron chi connectivity index (χ3n) is 6.11. The summed E-state index contributed by atoms with van der Waals surface area (Å²) in [6.07, 6.45) is 1.10. The van der Waals surface area contributed by atoms with Gasteiger partial charge < -0.3 is 42.0 Å². The smallest absolute Gasteiger partial charge is 0.328 e. The van der Waals surface area contributed by atoms with Crippen LogP contribution in [0.3, 0.4) is 0 Å². The van der Waals surface area contributed by atoms with Crippen molar-refractivity contribution in [3.05, 3.63) is 36.0 Å². The number of fused-ring (bicyclic) bond motifs is 1. The van der Waals surface area contributed by atoms with Crippen LogP contribution in [0.15, 0.2) is 30.5 Å². The Morgan fingerprint density at radius 3 is 2.22 bits per heavy atom. The number of rotatable bonds is 13. The summed E-state index contributed by atoms with van der Waals surface area (Å²) in [5, 5.41) is 36.3. The summed E-state index contributed by atoms with van der Waals surface area (Å²) in [4.78, 5) is 52.7. The molecule has 0 saturated heterocycles. The van der Waals surface area contributed by atoms with E-state index in [0.29, 0.717) is 6.42 Å². The standard InChI is InChI=1S/C24H35N5O7/c1-4-12(2)19(23(34)27-18(11-30)22(33)29-20(13(3)31)24(35)36)28-21(32)16(25)9-14-10-26-17-8-6-5-7-15(14)17/h5-8,10,12-13,16,18-20,26,30-31H,4,9,11,25H2,1-3H3,(H,27,34)(H,28,32)(H,29,33)(H,35,36). The quantitative estimate of drug-likeness (QED) is 0.169. The summed E-state index contributed by atoms with van der Waals surface area (Å²) >= 11 is 0. The normalized spacial score (nSPS) is 16.3. The molecule has 2 rings (SSSR count). The summed E-state index contributed by atoms with van der Waals surface area (Å²) in [7, 11) is 0. The van der Waals surface area contributed by atoms with Gasteiger partial charge in [-0.3, -0.25) is 14.4 Å². The molecule has 0 radical (unpaired) electrons. The molecule has 2 aromatic rings. The Hall–Kier alpha value is -3.48. The van der Waals surface area contributed by atoms with Gasteiger partial charge in [-0.1, -0.05) is 38.5 Å². The van der Waals surface area contributed by atoms with Gasteiger partial charge in [-0.25, -0.2) is 4.79 Å². The van der Waals surface area contributed by atoms with E-state index in [1.54, 1.807) is 13.1 Å². The third kappa shape index (κ3) is 7.26. The molecule has 0 aliphatic heterocycles. The van der Waals surface area contributed by atoms with Crippen molar-refractivity contribution in [1.29, 1.82) is 0 Å². The van der Waals surface area contributed by atoms with Crippen LogP contribution in [-0.2, 0) is 25.6 Å². The van der Waals surface area contributed by atoms with Crippen molar-refractivity contribution in [2.75, 3.05) is 6.61 Å². The summed E-state index contributed by atoms with van der Waals surface area (Å²) in [5.74, 6) is -4.12. The van der Waals surface area contributed by atoms with E-state index in [1.165, 1.54) is 6.92 Å². The lowest BCUT2D eigenvalue weighted by molar-refractivity contribution is -0.145. The number of aliphatic hydroxyl groups is 2. The largest absolute Gasteiger partial charge is 0.480 e. The highest BCUT2D eigenvalue weighted by Crippen LogP contribution is 2.19. The topological polar surface area (TPSA) is 207 Å². The van der Waals surface area contributed by atoms with Crippen LogP contribution < -0.4 is 21.7 Å². The van der Waals surface area contributed by atoms with E-state index < -0.39 is 60.6 Å². The molecule has 9 N–H and O–H groups in total. The van der Waals surface area contributed by atoms with Crippen LogP contribution in [0.5, 0.6) is 0 Å². The molecule has 6 unspecified atom stereocenters. The molecule has 1 aromatic heterocycles. The lowest BCUT2D eigenvalue weighted by Gasteiger charge is -2.27. The van der Waals surface area contributed by atoms with Crippen LogP contribution in [0.4, 0.5) is 0 Å². The van der Waals surface area contributed by atoms with Crippen LogP contribution in [0.25, 0.3) is 10.9 Å². The van der Waals surface area contributed by atoms with Crippen molar-refractivity contribution in [3.8, 4) is 0 Å². The molecule has 1 aromatic carbocycles. The minimum absolute atomic E-state index is 0.224. The summed E-state index contributed by atoms with van der Waals surface area (Å²) in [5.41, 5.74) is 7.89. The van der Waals surface area contributed by atoms with Gasteiger partial charge in [0.05, 0.1) is 18.8 Å². The minimum Gasteiger partial charge on any atom is -0.480 e. The number of carbonyl (C=O) groups excluding carboxylic acids is 3. The number of aliphatic carboxylic acids is 1. The van der Waals surface area contributed by atoms with Gasteiger partial charge in [0.15, 0.2) is 6.04 Å². The second-order valence-electron chi connectivity index (χ2n) is 8.85. The second-order valence-corrected chi connectivity index (χ2v) is 8.85. The van der Waals surface area contributed by atoms with Crippen molar-refractivity contribution >= 4 is 34.6 Å². The van der Waals surface area contributed by atoms with Gasteiger partial charge in [-0.05, 0) is 30.9 Å². The van der Waals surface area contributed by atoms with Crippen molar-refractivity contribution < 1.29 is 34.5 Å². The fraction of sp³-hybridized carbons (Fsp3) is 0.500. The van der Waals surface area contributed by atoms with Crippen LogP contribution in [0.1, 0.15) is 32.8 Å². The zero-order valence-electron chi connectivity index (χ0n) is 20.5. The van der Waals surface area contributed by atoms with Gasteiger partial charge in [0.2, 0.25) is 17.7 Å². The first-order chi connectivity index (χ1) is 17.0. The van der Waals surface area contributed by atoms with E-state index in [0.717, 1.165) is 16.5 Å². The number of amides is 3. The summed E-state index contributed by atoms with van der Waals surface area (Å²) in [6.45, 7) is 3.90. The highest BCUT2D eigenvalue weighted by Gasteiger charge is 2.33. The van der Waals surface area contributed by atoms with Crippen LogP contribution in [0, 0.1) is 5.92 Å². The molecule has 6 atom stereocenters. The third-order valence-corrected chi connectivity index (χ3v) is 6.11. The predicted octanol–water partition coefficient (Wildman–Crippen LogP) is -1.00. The first-order valence-corrected chi connectivity index (χ1v) is 11.7. The SMILES string of the molecule is CCC(C)C(NC(=O)C(N)Cc1c[nH]c2ccccc12)C(=O)NC(CO)C(=O)NC(C(=O)O)C(C)O. The fourth-order valence-corrected chi connectivity index (χ4v) is 3.69. The molecular formula is C24H35N5O7. The average Bonchev–Trinajstić information content (AvgIpc) is 3.25. The first-order valence-electron chi connectivity index (χ1n) is 11.7. The molecule has 12 heteroatoms. The number of carboxylic acids is 1. The maximum Gasteiger partial charge on any atom is 0.328 e. The molecule has 12 nitrogen and oxygen atoms in total. The Bertz CT molecular complexity index is 1070. The average molecular weight is 506 g/mol. The molecule has 0 spiro atoms. The highest BCUT2D eigenvalue weighted by atomic mass is 16.4. The molecule has 0 fully saturated rings. The highest BCUT2D eigenvalue weighted by molar-refractivity contribution is 5.94. The van der Waals surface area contributed by atoms with Crippen molar-refractivity contribution in [3.63, 3.8) is 0 Å². The zero-order chi connectivity index (χ0) is 27.0. The minimum atomic E-state index is -1.63. The Morgan fingerprint density at radius 1 is 1.00 bits per heavy atom. The van der Waals surface area contributed by atoms with Crippen molar-refractivity contribution in [1.82, 2.24) is 20.9 Å². The van der Waals surface area contributed by atoms with Crippen LogP contribution in [0.2, 0.25) is 0 Å². The van der Waals surface area contributed by atoms with Crippen molar-refractivity contribution in [2.24, 2.45) is 11.7 Å². The van der Waals surface area contributed by atoms with Gasteiger partial charge in [-0.15, -0.1) is 0 Å². The molecule has 0 aliphatic rings. The molecule has 0 bridgehead atoms. The Kier molecular flexibility index (Phi) is 10.4. The van der Waals surface area contributed by atoms with E-state index >= 15 is 0 Å². The Labute approximate surface area is 208 Å². The van der Waals surface area contributed by atoms with Gasteiger partial charge in [-0.2, -0.15) is 0 Å². The number of benzene rings is 1. The van der Waals surface area contributed by atoms with Gasteiger partial charge in [0, 0.05) is 17.1 Å². The number of aromatic amines is 1. The van der Waals surface area contributed by atoms with E-state index in [9.17, 15) is 29.4 Å². The second kappa shape index (κ2) is 13.0. The summed E-state index contributed by atoms with van der Waals surface area (Å²) < 4.78 is 0. The Morgan fingerprint density at radius 2 is 1.64 bits per heavy atom. The van der Waals surface area contributed by atoms with Crippen LogP contribution in [-0.4, -0.2) is 80.9 Å². The molecule has 3 amide bonds. The number of nitrogens with two attached hydrogens (primary N) is 1. The number of aromatic nitrogens is 1. The number of carbonyl (C=O) groups is 4.